The maximum Gasteiger partial charge on any atom is 0.0702 e. The molecule has 0 aromatic heterocycles. The molecule has 1 aliphatic rings. The molecule has 1 fully saturated rings. The molecule has 0 aromatic carbocycles. The minimum Gasteiger partial charge on any atom is -0.377 e. The molecule has 0 bridgehead atoms. The van der Waals surface area contributed by atoms with Crippen LogP contribution in [0.3, 0.4) is 0 Å². The summed E-state index contributed by atoms with van der Waals surface area (Å²) >= 11 is 0. The lowest BCUT2D eigenvalue weighted by Gasteiger charge is -2.32. The third-order valence-corrected chi connectivity index (χ3v) is 4.15. The van der Waals surface area contributed by atoms with Crippen LogP contribution < -0.4 is 5.32 Å². The topological polar surface area (TPSA) is 24.5 Å². The van der Waals surface area contributed by atoms with Gasteiger partial charge in [0.05, 0.1) is 6.10 Å². The lowest BCUT2D eigenvalue weighted by molar-refractivity contribution is -0.000360. The van der Waals surface area contributed by atoms with Crippen molar-refractivity contribution in [3.63, 3.8) is 0 Å². The van der Waals surface area contributed by atoms with Crippen molar-refractivity contribution < 1.29 is 4.74 Å². The predicted octanol–water partition coefficient (Wildman–Crippen LogP) is 3.68. The lowest BCUT2D eigenvalue weighted by Crippen LogP contribution is -2.40. The summed E-state index contributed by atoms with van der Waals surface area (Å²) in [6, 6.07) is 0. The van der Waals surface area contributed by atoms with Crippen molar-refractivity contribution in [1.82, 2.24) is 10.2 Å². The molecule has 21 heavy (non-hydrogen) atoms. The van der Waals surface area contributed by atoms with Gasteiger partial charge in [0.1, 0.15) is 0 Å². The third-order valence-electron chi connectivity index (χ3n) is 4.15. The predicted molar refractivity (Wildman–Crippen MR) is 91.9 cm³/mol. The van der Waals surface area contributed by atoms with Gasteiger partial charge in [0.15, 0.2) is 0 Å². The number of unbranched alkanes of at least 4 members (excludes halogenated alkanes) is 3. The van der Waals surface area contributed by atoms with Crippen LogP contribution in [0.25, 0.3) is 0 Å². The van der Waals surface area contributed by atoms with E-state index in [2.05, 4.69) is 31.0 Å². The summed E-state index contributed by atoms with van der Waals surface area (Å²) in [4.78, 5) is 2.61. The first-order valence-corrected chi connectivity index (χ1v) is 9.27. The maximum absolute atomic E-state index is 5.90. The Morgan fingerprint density at radius 1 is 1.19 bits per heavy atom. The van der Waals surface area contributed by atoms with Crippen molar-refractivity contribution in [1.29, 1.82) is 0 Å². The van der Waals surface area contributed by atoms with Crippen molar-refractivity contribution >= 4 is 0 Å². The van der Waals surface area contributed by atoms with E-state index < -0.39 is 0 Å². The number of hydrogen-bond acceptors (Lipinski definition) is 3. The molecule has 3 heteroatoms. The monoisotopic (exact) mass is 298 g/mol. The largest absolute Gasteiger partial charge is 0.377 e. The highest BCUT2D eigenvalue weighted by molar-refractivity contribution is 4.73. The summed E-state index contributed by atoms with van der Waals surface area (Å²) in [5.74, 6) is 0.770. The highest BCUT2D eigenvalue weighted by Gasteiger charge is 2.19. The molecule has 1 aliphatic heterocycles. The Kier molecular flexibility index (Phi) is 11.2. The number of nitrogens with zero attached hydrogens (tertiary/aromatic N) is 1. The van der Waals surface area contributed by atoms with Gasteiger partial charge < -0.3 is 15.0 Å². The first kappa shape index (κ1) is 18.9. The lowest BCUT2D eigenvalue weighted by atomic mass is 10.1. The van der Waals surface area contributed by atoms with Crippen LogP contribution >= 0.6 is 0 Å². The van der Waals surface area contributed by atoms with Gasteiger partial charge in [-0.25, -0.2) is 0 Å². The minimum atomic E-state index is 0.499. The van der Waals surface area contributed by atoms with Crippen molar-refractivity contribution in [3.05, 3.63) is 0 Å². The van der Waals surface area contributed by atoms with Crippen LogP contribution in [0.15, 0.2) is 0 Å². The molecule has 1 atom stereocenters. The van der Waals surface area contributed by atoms with E-state index >= 15 is 0 Å². The van der Waals surface area contributed by atoms with Gasteiger partial charge in [0.25, 0.3) is 0 Å². The molecule has 1 rings (SSSR count). The molecule has 126 valence electrons. The second kappa shape index (κ2) is 12.4. The fraction of sp³-hybridized carbons (Fsp3) is 1.00. The summed E-state index contributed by atoms with van der Waals surface area (Å²) < 4.78 is 5.90. The standard InChI is InChI=1S/C18H38N2O/c1-4-14-21-18-10-9-13-20(16-18)12-8-6-5-7-11-19-15-17(2)3/h17-19H,4-16H2,1-3H3. The van der Waals surface area contributed by atoms with E-state index in [-0.39, 0.29) is 0 Å². The Morgan fingerprint density at radius 2 is 2.00 bits per heavy atom. The molecular weight excluding hydrogens is 260 g/mol. The van der Waals surface area contributed by atoms with Crippen molar-refractivity contribution in [2.45, 2.75) is 71.8 Å². The first-order valence-electron chi connectivity index (χ1n) is 9.27. The molecular formula is C18H38N2O. The Morgan fingerprint density at radius 3 is 2.76 bits per heavy atom. The van der Waals surface area contributed by atoms with Crippen LogP contribution in [-0.4, -0.2) is 50.3 Å². The van der Waals surface area contributed by atoms with E-state index in [9.17, 15) is 0 Å². The number of rotatable bonds is 12. The van der Waals surface area contributed by atoms with E-state index in [1.165, 1.54) is 58.2 Å². The zero-order chi connectivity index (χ0) is 15.3. The fourth-order valence-corrected chi connectivity index (χ4v) is 2.97. The molecule has 1 N–H and O–H groups in total. The van der Waals surface area contributed by atoms with Gasteiger partial charge >= 0.3 is 0 Å². The van der Waals surface area contributed by atoms with E-state index in [1.807, 2.05) is 0 Å². The first-order chi connectivity index (χ1) is 10.2. The Hall–Kier alpha value is -0.120. The molecule has 0 saturated carbocycles. The molecule has 3 nitrogen and oxygen atoms in total. The summed E-state index contributed by atoms with van der Waals surface area (Å²) in [5.41, 5.74) is 0. The Balaban J connectivity index is 1.92. The van der Waals surface area contributed by atoms with Crippen LogP contribution in [0.1, 0.15) is 65.7 Å². The van der Waals surface area contributed by atoms with Gasteiger partial charge in [-0.05, 0) is 64.2 Å². The zero-order valence-corrected chi connectivity index (χ0v) is 14.7. The van der Waals surface area contributed by atoms with Gasteiger partial charge in [0.2, 0.25) is 0 Å². The average molecular weight is 299 g/mol. The number of ether oxygens (including phenoxy) is 1. The van der Waals surface area contributed by atoms with Gasteiger partial charge in [-0.3, -0.25) is 0 Å². The van der Waals surface area contributed by atoms with Gasteiger partial charge in [-0.15, -0.1) is 0 Å². The summed E-state index contributed by atoms with van der Waals surface area (Å²) in [5, 5.41) is 3.52. The molecule has 0 radical (unpaired) electrons. The normalized spacial score (nSPS) is 20.3. The maximum atomic E-state index is 5.90. The Bertz CT molecular complexity index is 233. The molecule has 0 aromatic rings. The van der Waals surface area contributed by atoms with Crippen LogP contribution in [0.5, 0.6) is 0 Å². The third kappa shape index (κ3) is 10.3. The van der Waals surface area contributed by atoms with Gasteiger partial charge in [-0.1, -0.05) is 33.6 Å². The number of hydrogen-bond donors (Lipinski definition) is 1. The number of likely N-dealkylation sites (tertiary alicyclic amines) is 1. The highest BCUT2D eigenvalue weighted by Crippen LogP contribution is 2.14. The summed E-state index contributed by atoms with van der Waals surface area (Å²) in [7, 11) is 0. The minimum absolute atomic E-state index is 0.499. The van der Waals surface area contributed by atoms with E-state index in [0.717, 1.165) is 32.0 Å². The zero-order valence-electron chi connectivity index (χ0n) is 14.7. The van der Waals surface area contributed by atoms with Crippen LogP contribution in [0, 0.1) is 5.92 Å². The SMILES string of the molecule is CCCOC1CCCN(CCCCCCNCC(C)C)C1. The van der Waals surface area contributed by atoms with E-state index in [4.69, 9.17) is 4.74 Å². The quantitative estimate of drug-likeness (QED) is 0.556. The van der Waals surface area contributed by atoms with Crippen LogP contribution in [-0.2, 0) is 4.74 Å². The van der Waals surface area contributed by atoms with Crippen molar-refractivity contribution in [2.75, 3.05) is 39.3 Å². The van der Waals surface area contributed by atoms with Gasteiger partial charge in [0, 0.05) is 13.2 Å². The van der Waals surface area contributed by atoms with Crippen LogP contribution in [0.2, 0.25) is 0 Å². The fourth-order valence-electron chi connectivity index (χ4n) is 2.97. The molecule has 1 heterocycles. The Labute approximate surface area is 132 Å². The second-order valence-corrected chi connectivity index (χ2v) is 6.95. The van der Waals surface area contributed by atoms with Crippen molar-refractivity contribution in [2.24, 2.45) is 5.92 Å². The van der Waals surface area contributed by atoms with Gasteiger partial charge in [-0.2, -0.15) is 0 Å². The van der Waals surface area contributed by atoms with Crippen molar-refractivity contribution in [3.8, 4) is 0 Å². The number of piperidine rings is 1. The summed E-state index contributed by atoms with van der Waals surface area (Å²) in [6.45, 7) is 13.7. The molecule has 0 aliphatic carbocycles. The summed E-state index contributed by atoms with van der Waals surface area (Å²) in [6.07, 6.45) is 9.64. The molecule has 0 amide bonds. The highest BCUT2D eigenvalue weighted by atomic mass is 16.5. The van der Waals surface area contributed by atoms with E-state index in [0.29, 0.717) is 6.10 Å². The van der Waals surface area contributed by atoms with Crippen LogP contribution in [0.4, 0.5) is 0 Å². The average Bonchev–Trinajstić information content (AvgIpc) is 2.48. The smallest absolute Gasteiger partial charge is 0.0702 e. The second-order valence-electron chi connectivity index (χ2n) is 6.95. The molecule has 0 spiro atoms. The van der Waals surface area contributed by atoms with E-state index in [1.54, 1.807) is 0 Å². The molecule has 1 unspecified atom stereocenters. The molecule has 1 saturated heterocycles. The number of nitrogens with one attached hydrogen (secondary N) is 1.